The van der Waals surface area contributed by atoms with Gasteiger partial charge in [0.15, 0.2) is 0 Å². The van der Waals surface area contributed by atoms with Gasteiger partial charge in [0.05, 0.1) is 17.4 Å². The molecule has 0 spiro atoms. The second-order valence-electron chi connectivity index (χ2n) is 4.30. The molecule has 0 unspecified atom stereocenters. The van der Waals surface area contributed by atoms with Crippen LogP contribution in [0, 0.1) is 0 Å². The molecule has 0 saturated carbocycles. The number of aromatic carboxylic acids is 1. The van der Waals surface area contributed by atoms with Crippen LogP contribution in [0.3, 0.4) is 0 Å². The molecule has 2 aromatic carbocycles. The van der Waals surface area contributed by atoms with E-state index >= 15 is 0 Å². The average molecular weight is 322 g/mol. The van der Waals surface area contributed by atoms with Gasteiger partial charge in [-0.2, -0.15) is 5.10 Å². The van der Waals surface area contributed by atoms with Gasteiger partial charge in [-0.25, -0.2) is 0 Å². The Morgan fingerprint density at radius 2 is 1.81 bits per heavy atom. The molecule has 0 aliphatic heterocycles. The Morgan fingerprint density at radius 1 is 1.14 bits per heavy atom. The van der Waals surface area contributed by atoms with Crippen LogP contribution < -0.4 is 10.5 Å². The van der Waals surface area contributed by atoms with Gasteiger partial charge < -0.3 is 9.90 Å². The highest BCUT2D eigenvalue weighted by molar-refractivity contribution is 6.36. The van der Waals surface area contributed by atoms with Crippen molar-refractivity contribution in [3.8, 4) is 0 Å². The fourth-order valence-electron chi connectivity index (χ4n) is 1.66. The van der Waals surface area contributed by atoms with Gasteiger partial charge in [-0.05, 0) is 42.8 Å². The molecule has 0 aliphatic carbocycles. The number of hydrazone groups is 1. The smallest absolute Gasteiger partial charge is 0.0715 e. The number of carboxylic acid groups (broad SMARTS) is 1. The minimum atomic E-state index is -1.22. The number of halogens is 2. The first kappa shape index (κ1) is 15.4. The zero-order valence-corrected chi connectivity index (χ0v) is 12.6. The average Bonchev–Trinajstić information content (AvgIpc) is 2.47. The van der Waals surface area contributed by atoms with Crippen molar-refractivity contribution in [1.29, 1.82) is 0 Å². The highest BCUT2D eigenvalue weighted by atomic mass is 35.5. The Morgan fingerprint density at radius 3 is 2.43 bits per heavy atom. The molecule has 0 aromatic heterocycles. The van der Waals surface area contributed by atoms with E-state index in [9.17, 15) is 9.90 Å². The van der Waals surface area contributed by atoms with Crippen molar-refractivity contribution in [3.63, 3.8) is 0 Å². The molecule has 1 N–H and O–H groups in total. The van der Waals surface area contributed by atoms with Gasteiger partial charge in [-0.3, -0.25) is 5.43 Å². The van der Waals surface area contributed by atoms with E-state index < -0.39 is 5.97 Å². The summed E-state index contributed by atoms with van der Waals surface area (Å²) in [4.78, 5) is 10.6. The van der Waals surface area contributed by atoms with Crippen LogP contribution in [0.25, 0.3) is 0 Å². The topological polar surface area (TPSA) is 64.5 Å². The molecule has 108 valence electrons. The van der Waals surface area contributed by atoms with Gasteiger partial charge in [-0.15, -0.1) is 0 Å². The van der Waals surface area contributed by atoms with Crippen molar-refractivity contribution in [3.05, 3.63) is 63.6 Å². The van der Waals surface area contributed by atoms with Crippen LogP contribution in [0.5, 0.6) is 0 Å². The molecule has 6 heteroatoms. The lowest BCUT2D eigenvalue weighted by Gasteiger charge is -2.07. The molecular weight excluding hydrogens is 311 g/mol. The maximum absolute atomic E-state index is 10.6. The summed E-state index contributed by atoms with van der Waals surface area (Å²) in [6, 6.07) is 11.2. The van der Waals surface area contributed by atoms with Gasteiger partial charge in [0.2, 0.25) is 0 Å². The first-order valence-corrected chi connectivity index (χ1v) is 6.80. The SMILES string of the molecule is C/C(=N/Nc1ccc(C(=O)[O-])cc1)c1cc(Cl)ccc1Cl. The van der Waals surface area contributed by atoms with Crippen molar-refractivity contribution in [1.82, 2.24) is 0 Å². The molecular formula is C15H11Cl2N2O2-. The van der Waals surface area contributed by atoms with Crippen LogP contribution in [-0.2, 0) is 0 Å². The number of hydrogen-bond donors (Lipinski definition) is 1. The first-order valence-electron chi connectivity index (χ1n) is 6.04. The Hall–Kier alpha value is -2.04. The fourth-order valence-corrected chi connectivity index (χ4v) is 2.09. The summed E-state index contributed by atoms with van der Waals surface area (Å²) >= 11 is 12.0. The Kier molecular flexibility index (Phi) is 4.83. The second kappa shape index (κ2) is 6.61. The zero-order valence-electron chi connectivity index (χ0n) is 11.1. The number of benzene rings is 2. The third-order valence-corrected chi connectivity index (χ3v) is 3.36. The molecule has 0 amide bonds. The number of carbonyl (C=O) groups is 1. The molecule has 4 nitrogen and oxygen atoms in total. The normalized spacial score (nSPS) is 11.3. The number of hydrogen-bond acceptors (Lipinski definition) is 4. The standard InChI is InChI=1S/C15H12Cl2N2O2/c1-9(13-8-11(16)4-7-14(13)17)18-19-12-5-2-10(3-6-12)15(20)21/h2-8,19H,1H3,(H,20,21)/p-1/b18-9-. The number of carbonyl (C=O) groups excluding carboxylic acids is 1. The number of anilines is 1. The lowest BCUT2D eigenvalue weighted by Crippen LogP contribution is -2.21. The molecule has 0 aliphatic rings. The van der Waals surface area contributed by atoms with Gasteiger partial charge in [0.25, 0.3) is 0 Å². The molecule has 2 rings (SSSR count). The van der Waals surface area contributed by atoms with E-state index in [1.165, 1.54) is 12.1 Å². The minimum absolute atomic E-state index is 0.110. The molecule has 0 heterocycles. The van der Waals surface area contributed by atoms with E-state index in [2.05, 4.69) is 10.5 Å². The molecule has 21 heavy (non-hydrogen) atoms. The first-order chi connectivity index (χ1) is 9.97. The van der Waals surface area contributed by atoms with E-state index in [0.29, 0.717) is 21.4 Å². The summed E-state index contributed by atoms with van der Waals surface area (Å²) in [6.07, 6.45) is 0. The lowest BCUT2D eigenvalue weighted by atomic mass is 10.1. The van der Waals surface area contributed by atoms with Crippen molar-refractivity contribution in [2.24, 2.45) is 5.10 Å². The van der Waals surface area contributed by atoms with Crippen molar-refractivity contribution in [2.45, 2.75) is 6.92 Å². The van der Waals surface area contributed by atoms with E-state index in [0.717, 1.165) is 5.56 Å². The lowest BCUT2D eigenvalue weighted by molar-refractivity contribution is -0.255. The predicted molar refractivity (Wildman–Crippen MR) is 83.1 cm³/mol. The van der Waals surface area contributed by atoms with Crippen LogP contribution in [0.15, 0.2) is 47.6 Å². The van der Waals surface area contributed by atoms with E-state index in [1.807, 2.05) is 0 Å². The summed E-state index contributed by atoms with van der Waals surface area (Å²) in [6.45, 7) is 1.79. The molecule has 0 fully saturated rings. The zero-order chi connectivity index (χ0) is 15.4. The van der Waals surface area contributed by atoms with E-state index in [1.54, 1.807) is 37.3 Å². The Balaban J connectivity index is 2.16. The summed E-state index contributed by atoms with van der Waals surface area (Å²) in [5, 5.41) is 16.0. The summed E-state index contributed by atoms with van der Waals surface area (Å²) < 4.78 is 0. The highest BCUT2D eigenvalue weighted by Gasteiger charge is 2.05. The quantitative estimate of drug-likeness (QED) is 0.694. The molecule has 0 radical (unpaired) electrons. The van der Waals surface area contributed by atoms with Crippen LogP contribution in [0.1, 0.15) is 22.8 Å². The molecule has 0 bridgehead atoms. The van der Waals surface area contributed by atoms with Crippen LogP contribution in [-0.4, -0.2) is 11.7 Å². The maximum Gasteiger partial charge on any atom is 0.0715 e. The van der Waals surface area contributed by atoms with Crippen LogP contribution in [0.2, 0.25) is 10.0 Å². The number of rotatable bonds is 4. The number of carboxylic acids is 1. The summed E-state index contributed by atoms with van der Waals surface area (Å²) in [5.74, 6) is -1.22. The summed E-state index contributed by atoms with van der Waals surface area (Å²) in [5.41, 5.74) is 4.97. The van der Waals surface area contributed by atoms with Crippen LogP contribution in [0.4, 0.5) is 5.69 Å². The van der Waals surface area contributed by atoms with Crippen molar-refractivity contribution >= 4 is 40.6 Å². The van der Waals surface area contributed by atoms with Gasteiger partial charge in [-0.1, -0.05) is 35.3 Å². The largest absolute Gasteiger partial charge is 0.545 e. The monoisotopic (exact) mass is 321 g/mol. The fraction of sp³-hybridized carbons (Fsp3) is 0.0667. The van der Waals surface area contributed by atoms with Crippen molar-refractivity contribution in [2.75, 3.05) is 5.43 Å². The van der Waals surface area contributed by atoms with Crippen LogP contribution >= 0.6 is 23.2 Å². The Labute approximate surface area is 132 Å². The van der Waals surface area contributed by atoms with Gasteiger partial charge >= 0.3 is 0 Å². The second-order valence-corrected chi connectivity index (χ2v) is 5.14. The van der Waals surface area contributed by atoms with E-state index in [-0.39, 0.29) is 5.56 Å². The number of nitrogens with zero attached hydrogens (tertiary/aromatic N) is 1. The van der Waals surface area contributed by atoms with Gasteiger partial charge in [0.1, 0.15) is 0 Å². The Bertz CT molecular complexity index is 697. The molecule has 2 aromatic rings. The van der Waals surface area contributed by atoms with Gasteiger partial charge in [0, 0.05) is 15.6 Å². The molecule has 0 saturated heterocycles. The third kappa shape index (κ3) is 3.97. The maximum atomic E-state index is 10.6. The number of nitrogens with one attached hydrogen (secondary N) is 1. The summed E-state index contributed by atoms with van der Waals surface area (Å²) in [7, 11) is 0. The van der Waals surface area contributed by atoms with Crippen molar-refractivity contribution < 1.29 is 9.90 Å². The third-order valence-electron chi connectivity index (χ3n) is 2.79. The minimum Gasteiger partial charge on any atom is -0.545 e. The predicted octanol–water partition coefficient (Wildman–Crippen LogP) is 3.19. The van der Waals surface area contributed by atoms with E-state index in [4.69, 9.17) is 23.2 Å². The molecule has 0 atom stereocenters. The highest BCUT2D eigenvalue weighted by Crippen LogP contribution is 2.21.